The van der Waals surface area contributed by atoms with Gasteiger partial charge in [0.05, 0.1) is 23.3 Å². The highest BCUT2D eigenvalue weighted by molar-refractivity contribution is 7.89. The Balaban J connectivity index is 2.20. The first kappa shape index (κ1) is 14.3. The summed E-state index contributed by atoms with van der Waals surface area (Å²) in [6.45, 7) is 2.10. The van der Waals surface area contributed by atoms with E-state index in [-0.39, 0.29) is 10.6 Å². The van der Waals surface area contributed by atoms with E-state index in [1.54, 1.807) is 25.1 Å². The number of rotatable bonds is 4. The molecule has 0 amide bonds. The van der Waals surface area contributed by atoms with E-state index in [1.165, 1.54) is 18.3 Å². The van der Waals surface area contributed by atoms with Crippen LogP contribution in [0, 0.1) is 6.92 Å². The average Bonchev–Trinajstić information content (AvgIpc) is 2.38. The van der Waals surface area contributed by atoms with Crippen LogP contribution in [-0.2, 0) is 16.6 Å². The maximum absolute atomic E-state index is 11.4. The number of benzene rings is 1. The largest absolute Gasteiger partial charge is 0.506 e. The molecule has 2 rings (SSSR count). The van der Waals surface area contributed by atoms with E-state index in [9.17, 15) is 8.42 Å². The van der Waals surface area contributed by atoms with Crippen molar-refractivity contribution in [2.45, 2.75) is 18.4 Å². The Morgan fingerprint density at radius 1 is 1.30 bits per heavy atom. The second-order valence-corrected chi connectivity index (χ2v) is 5.86. The molecule has 0 aliphatic rings. The summed E-state index contributed by atoms with van der Waals surface area (Å²) in [5, 5.41) is 17.4. The molecule has 1 heterocycles. The number of pyridine rings is 1. The van der Waals surface area contributed by atoms with Crippen LogP contribution in [0.4, 0.5) is 5.69 Å². The van der Waals surface area contributed by atoms with Gasteiger partial charge in [-0.25, -0.2) is 13.6 Å². The average molecular weight is 293 g/mol. The molecule has 106 valence electrons. The van der Waals surface area contributed by atoms with Gasteiger partial charge in [-0.3, -0.25) is 4.98 Å². The maximum Gasteiger partial charge on any atom is 0.238 e. The highest BCUT2D eigenvalue weighted by Gasteiger charge is 2.13. The molecule has 4 N–H and O–H groups in total. The number of aromatic nitrogens is 1. The van der Waals surface area contributed by atoms with Gasteiger partial charge in [-0.2, -0.15) is 0 Å². The first-order valence-corrected chi connectivity index (χ1v) is 7.43. The Morgan fingerprint density at radius 3 is 2.65 bits per heavy atom. The van der Waals surface area contributed by atoms with Crippen molar-refractivity contribution < 1.29 is 13.5 Å². The minimum Gasteiger partial charge on any atom is -0.506 e. The highest BCUT2D eigenvalue weighted by atomic mass is 32.2. The number of aromatic hydroxyl groups is 1. The zero-order valence-corrected chi connectivity index (χ0v) is 11.7. The quantitative estimate of drug-likeness (QED) is 0.789. The fourth-order valence-corrected chi connectivity index (χ4v) is 2.63. The lowest BCUT2D eigenvalue weighted by atomic mass is 10.2. The molecule has 0 aliphatic carbocycles. The Morgan fingerprint density at radius 2 is 2.05 bits per heavy atom. The van der Waals surface area contributed by atoms with Crippen LogP contribution < -0.4 is 10.5 Å². The lowest BCUT2D eigenvalue weighted by Gasteiger charge is -2.12. The summed E-state index contributed by atoms with van der Waals surface area (Å²) in [6, 6.07) is 8.08. The lowest BCUT2D eigenvalue weighted by molar-refractivity contribution is 0.472. The summed E-state index contributed by atoms with van der Waals surface area (Å²) in [5.74, 6) is 0.0983. The van der Waals surface area contributed by atoms with E-state index in [1.807, 2.05) is 0 Å². The van der Waals surface area contributed by atoms with Gasteiger partial charge in [0.1, 0.15) is 5.75 Å². The van der Waals surface area contributed by atoms with E-state index in [0.29, 0.717) is 17.8 Å². The van der Waals surface area contributed by atoms with Crippen molar-refractivity contribution in [1.82, 2.24) is 4.98 Å². The number of anilines is 1. The van der Waals surface area contributed by atoms with Crippen LogP contribution >= 0.6 is 0 Å². The number of nitrogens with zero attached hydrogens (tertiary/aromatic N) is 1. The topological polar surface area (TPSA) is 105 Å². The van der Waals surface area contributed by atoms with Crippen LogP contribution in [0.2, 0.25) is 0 Å². The van der Waals surface area contributed by atoms with Crippen molar-refractivity contribution in [3.05, 3.63) is 47.8 Å². The predicted octanol–water partition coefficient (Wildman–Crippen LogP) is 1.36. The molecule has 1 aromatic carbocycles. The SMILES string of the molecule is Cc1c(NCc2ccc(O)cn2)cccc1S(N)(=O)=O. The third kappa shape index (κ3) is 3.25. The van der Waals surface area contributed by atoms with Crippen molar-refractivity contribution in [1.29, 1.82) is 0 Å². The Kier molecular flexibility index (Phi) is 3.91. The molecule has 0 spiro atoms. The molecule has 1 aromatic heterocycles. The van der Waals surface area contributed by atoms with Crippen LogP contribution in [-0.4, -0.2) is 18.5 Å². The third-order valence-corrected chi connectivity index (χ3v) is 3.92. The van der Waals surface area contributed by atoms with Gasteiger partial charge in [0, 0.05) is 5.69 Å². The van der Waals surface area contributed by atoms with E-state index in [0.717, 1.165) is 5.69 Å². The van der Waals surface area contributed by atoms with Crippen LogP contribution in [0.15, 0.2) is 41.4 Å². The highest BCUT2D eigenvalue weighted by Crippen LogP contribution is 2.22. The van der Waals surface area contributed by atoms with E-state index in [2.05, 4.69) is 10.3 Å². The van der Waals surface area contributed by atoms with Crippen LogP contribution in [0.5, 0.6) is 5.75 Å². The predicted molar refractivity (Wildman–Crippen MR) is 75.8 cm³/mol. The molecule has 20 heavy (non-hydrogen) atoms. The van der Waals surface area contributed by atoms with Gasteiger partial charge in [-0.1, -0.05) is 6.07 Å². The second-order valence-electron chi connectivity index (χ2n) is 4.34. The van der Waals surface area contributed by atoms with Crippen molar-refractivity contribution in [2.24, 2.45) is 5.14 Å². The summed E-state index contributed by atoms with van der Waals surface area (Å²) in [7, 11) is -3.73. The molecule has 0 saturated carbocycles. The molecule has 0 fully saturated rings. The molecule has 0 aliphatic heterocycles. The van der Waals surface area contributed by atoms with Crippen molar-refractivity contribution in [3.8, 4) is 5.75 Å². The summed E-state index contributed by atoms with van der Waals surface area (Å²) in [6.07, 6.45) is 1.35. The first-order valence-electron chi connectivity index (χ1n) is 5.88. The van der Waals surface area contributed by atoms with E-state index in [4.69, 9.17) is 10.2 Å². The molecule has 7 heteroatoms. The number of hydrogen-bond acceptors (Lipinski definition) is 5. The molecule has 0 saturated heterocycles. The van der Waals surface area contributed by atoms with Crippen LogP contribution in [0.25, 0.3) is 0 Å². The van der Waals surface area contributed by atoms with Crippen molar-refractivity contribution in [3.63, 3.8) is 0 Å². The minimum atomic E-state index is -3.73. The fraction of sp³-hybridized carbons (Fsp3) is 0.154. The van der Waals surface area contributed by atoms with E-state index < -0.39 is 10.0 Å². The summed E-state index contributed by atoms with van der Waals surface area (Å²) in [4.78, 5) is 4.14. The molecule has 6 nitrogen and oxygen atoms in total. The number of hydrogen-bond donors (Lipinski definition) is 3. The standard InChI is InChI=1S/C13H15N3O3S/c1-9-12(3-2-4-13(9)20(14,18)19)16-7-10-5-6-11(17)8-15-10/h2-6,8,16-17H,7H2,1H3,(H2,14,18,19). The summed E-state index contributed by atoms with van der Waals surface area (Å²) < 4.78 is 22.9. The van der Waals surface area contributed by atoms with Gasteiger partial charge in [0.25, 0.3) is 0 Å². The van der Waals surface area contributed by atoms with Crippen LogP contribution in [0.1, 0.15) is 11.3 Å². The number of primary sulfonamides is 1. The Bertz CT molecular complexity index is 712. The van der Waals surface area contributed by atoms with Gasteiger partial charge >= 0.3 is 0 Å². The fourth-order valence-electron chi connectivity index (χ4n) is 1.82. The second kappa shape index (κ2) is 5.48. The molecule has 0 atom stereocenters. The number of nitrogens with one attached hydrogen (secondary N) is 1. The first-order chi connectivity index (χ1) is 9.38. The molecule has 0 unspecified atom stereocenters. The Hall–Kier alpha value is -2.12. The normalized spacial score (nSPS) is 11.3. The lowest BCUT2D eigenvalue weighted by Crippen LogP contribution is -2.14. The zero-order valence-electron chi connectivity index (χ0n) is 10.9. The molecule has 0 bridgehead atoms. The molecule has 0 radical (unpaired) electrons. The van der Waals surface area contributed by atoms with Crippen molar-refractivity contribution in [2.75, 3.05) is 5.32 Å². The minimum absolute atomic E-state index is 0.0983. The van der Waals surface area contributed by atoms with Crippen molar-refractivity contribution >= 4 is 15.7 Å². The third-order valence-electron chi connectivity index (χ3n) is 2.86. The van der Waals surface area contributed by atoms with E-state index >= 15 is 0 Å². The molecular weight excluding hydrogens is 278 g/mol. The van der Waals surface area contributed by atoms with Crippen LogP contribution in [0.3, 0.4) is 0 Å². The number of sulfonamides is 1. The van der Waals surface area contributed by atoms with Gasteiger partial charge in [-0.15, -0.1) is 0 Å². The summed E-state index contributed by atoms with van der Waals surface area (Å²) in [5.41, 5.74) is 1.96. The Labute approximate surface area is 117 Å². The molecular formula is C13H15N3O3S. The smallest absolute Gasteiger partial charge is 0.238 e. The van der Waals surface area contributed by atoms with Gasteiger partial charge in [0.15, 0.2) is 0 Å². The monoisotopic (exact) mass is 293 g/mol. The summed E-state index contributed by atoms with van der Waals surface area (Å²) >= 11 is 0. The van der Waals surface area contributed by atoms with Gasteiger partial charge in [0.2, 0.25) is 10.0 Å². The zero-order chi connectivity index (χ0) is 14.8. The maximum atomic E-state index is 11.4. The van der Waals surface area contributed by atoms with Gasteiger partial charge in [-0.05, 0) is 36.8 Å². The van der Waals surface area contributed by atoms with Gasteiger partial charge < -0.3 is 10.4 Å². The number of nitrogens with two attached hydrogens (primary N) is 1. The molecule has 2 aromatic rings.